The van der Waals surface area contributed by atoms with E-state index in [2.05, 4.69) is 38.2 Å². The fourth-order valence-corrected chi connectivity index (χ4v) is 6.27. The highest BCUT2D eigenvalue weighted by molar-refractivity contribution is 14.1. The van der Waals surface area contributed by atoms with Crippen molar-refractivity contribution in [3.63, 3.8) is 0 Å². The molecule has 174 valence electrons. The third-order valence-electron chi connectivity index (χ3n) is 7.49. The van der Waals surface area contributed by atoms with Gasteiger partial charge in [-0.3, -0.25) is 4.79 Å². The summed E-state index contributed by atoms with van der Waals surface area (Å²) in [6, 6.07) is 15.6. The molecule has 0 atom stereocenters. The molecule has 3 saturated carbocycles. The Bertz CT molecular complexity index is 1300. The average Bonchev–Trinajstić information content (AvgIpc) is 2.85. The minimum absolute atomic E-state index is 0.172. The number of benzene rings is 2. The molecule has 1 amide bonds. The van der Waals surface area contributed by atoms with Crippen molar-refractivity contribution in [2.24, 2.45) is 21.5 Å². The Kier molecular flexibility index (Phi) is 6.05. The lowest BCUT2D eigenvalue weighted by Gasteiger charge is -2.53. The summed E-state index contributed by atoms with van der Waals surface area (Å²) < 4.78 is 1.01. The third kappa shape index (κ3) is 3.96. The molecule has 7 nitrogen and oxygen atoms in total. The number of carbonyl (C=O) groups excluding carboxylic acids is 1. The van der Waals surface area contributed by atoms with Gasteiger partial charge in [0.15, 0.2) is 0 Å². The maximum Gasteiger partial charge on any atom is 0.253 e. The fourth-order valence-electron chi connectivity index (χ4n) is 5.44. The molecule has 3 fully saturated rings. The number of rotatable bonds is 5. The number of pyridine rings is 1. The molecule has 0 radical (unpaired) electrons. The average molecular weight is 587 g/mol. The first-order valence-corrected chi connectivity index (χ1v) is 12.7. The van der Waals surface area contributed by atoms with E-state index in [0.717, 1.165) is 58.6 Å². The molecule has 0 saturated heterocycles. The van der Waals surface area contributed by atoms with Crippen molar-refractivity contribution >= 4 is 56.8 Å². The van der Waals surface area contributed by atoms with Crippen molar-refractivity contribution in [2.45, 2.75) is 44.1 Å². The number of fused-ring (bicyclic) bond motifs is 4. The van der Waals surface area contributed by atoms with Gasteiger partial charge in [0.2, 0.25) is 0 Å². The molecule has 9 heteroatoms. The molecule has 2 aromatic carbocycles. The monoisotopic (exact) mass is 586 g/mol. The van der Waals surface area contributed by atoms with Crippen LogP contribution in [0.1, 0.15) is 48.9 Å². The van der Waals surface area contributed by atoms with Crippen LogP contribution in [0.4, 0.5) is 0 Å². The van der Waals surface area contributed by atoms with Crippen LogP contribution < -0.4 is 11.1 Å². The Balaban J connectivity index is 1.52. The number of hydrogen-bond acceptors (Lipinski definition) is 4. The zero-order valence-corrected chi connectivity index (χ0v) is 21.4. The van der Waals surface area contributed by atoms with E-state index in [-0.39, 0.29) is 16.9 Å². The van der Waals surface area contributed by atoms with Gasteiger partial charge in [0.05, 0.1) is 21.8 Å². The van der Waals surface area contributed by atoms with Gasteiger partial charge in [0.25, 0.3) is 5.91 Å². The van der Waals surface area contributed by atoms with Crippen molar-refractivity contribution in [1.82, 2.24) is 10.3 Å². The van der Waals surface area contributed by atoms with Crippen LogP contribution in [0.3, 0.4) is 0 Å². The largest absolute Gasteiger partial charge is 0.385 e. The summed E-state index contributed by atoms with van der Waals surface area (Å²) >= 11 is 9.14. The van der Waals surface area contributed by atoms with Crippen LogP contribution in [-0.4, -0.2) is 22.3 Å². The smallest absolute Gasteiger partial charge is 0.253 e. The van der Waals surface area contributed by atoms with Gasteiger partial charge in [0.1, 0.15) is 5.84 Å². The SMILES string of the molecule is N=N/N=C(\N)C12CCC(NC(=O)c3c(Cl)c(-c4ccccc4)nc4ccc(I)cc34)(CC1)CC2. The van der Waals surface area contributed by atoms with Gasteiger partial charge in [-0.05, 0) is 79.3 Å². The van der Waals surface area contributed by atoms with Crippen LogP contribution in [-0.2, 0) is 0 Å². The van der Waals surface area contributed by atoms with Gasteiger partial charge >= 0.3 is 0 Å². The van der Waals surface area contributed by atoms with E-state index in [9.17, 15) is 4.79 Å². The summed E-state index contributed by atoms with van der Waals surface area (Å²) in [7, 11) is 0. The first kappa shape index (κ1) is 23.2. The van der Waals surface area contributed by atoms with Gasteiger partial charge in [-0.1, -0.05) is 47.2 Å². The quantitative estimate of drug-likeness (QED) is 0.107. The predicted octanol–water partition coefficient (Wildman–Crippen LogP) is 6.29. The van der Waals surface area contributed by atoms with E-state index in [1.807, 2.05) is 48.5 Å². The standard InChI is InChI=1S/C25H24ClIN6O/c26-20-19(17-14-16(27)6-7-18(17)30-21(20)15-4-2-1-3-5-15)22(34)31-25-11-8-24(9-12-25,10-13-25)23(28)32-33-29/h1-7,14H,8-13H2,(H,31,34)(H3,28,29,32). The first-order valence-electron chi connectivity index (χ1n) is 11.2. The molecule has 3 aliphatic rings. The molecule has 2 bridgehead atoms. The lowest BCUT2D eigenvalue weighted by Crippen LogP contribution is -2.59. The molecular formula is C25H24ClIN6O. The van der Waals surface area contributed by atoms with Crippen molar-refractivity contribution in [3.8, 4) is 11.3 Å². The number of nitrogens with one attached hydrogen (secondary N) is 2. The minimum Gasteiger partial charge on any atom is -0.385 e. The highest BCUT2D eigenvalue weighted by Gasteiger charge is 2.51. The van der Waals surface area contributed by atoms with E-state index < -0.39 is 0 Å². The molecule has 0 unspecified atom stereocenters. The highest BCUT2D eigenvalue weighted by Crippen LogP contribution is 2.52. The summed E-state index contributed by atoms with van der Waals surface area (Å²) in [5, 5.41) is 11.4. The molecule has 3 aliphatic carbocycles. The lowest BCUT2D eigenvalue weighted by atomic mass is 9.56. The Hall–Kier alpha value is -2.59. The van der Waals surface area contributed by atoms with E-state index in [4.69, 9.17) is 27.8 Å². The summed E-state index contributed by atoms with van der Waals surface area (Å²) in [4.78, 5) is 18.6. The van der Waals surface area contributed by atoms with Crippen molar-refractivity contribution < 1.29 is 4.79 Å². The van der Waals surface area contributed by atoms with Crippen LogP contribution in [0.25, 0.3) is 22.2 Å². The fraction of sp³-hybridized carbons (Fsp3) is 0.320. The van der Waals surface area contributed by atoms with Gasteiger partial charge in [-0.25, -0.2) is 4.98 Å². The normalized spacial score (nSPS) is 24.2. The van der Waals surface area contributed by atoms with E-state index in [0.29, 0.717) is 22.1 Å². The second kappa shape index (κ2) is 8.88. The zero-order chi connectivity index (χ0) is 23.9. The lowest BCUT2D eigenvalue weighted by molar-refractivity contribution is 0.0563. The number of amides is 1. The number of carbonyl (C=O) groups is 1. The zero-order valence-electron chi connectivity index (χ0n) is 18.4. The second-order valence-electron chi connectivity index (χ2n) is 9.28. The van der Waals surface area contributed by atoms with Crippen molar-refractivity contribution in [1.29, 1.82) is 5.53 Å². The minimum atomic E-state index is -0.301. The summed E-state index contributed by atoms with van der Waals surface area (Å²) in [5.41, 5.74) is 15.3. The Morgan fingerprint density at radius 2 is 1.76 bits per heavy atom. The maximum atomic E-state index is 13.8. The van der Waals surface area contributed by atoms with E-state index >= 15 is 0 Å². The molecule has 4 N–H and O–H groups in total. The Morgan fingerprint density at radius 1 is 1.09 bits per heavy atom. The van der Waals surface area contributed by atoms with Gasteiger partial charge in [-0.2, -0.15) is 5.53 Å². The van der Waals surface area contributed by atoms with Crippen LogP contribution in [0.15, 0.2) is 58.9 Å². The number of nitrogens with two attached hydrogens (primary N) is 1. The van der Waals surface area contributed by atoms with Crippen LogP contribution in [0.2, 0.25) is 5.02 Å². The number of halogens is 2. The van der Waals surface area contributed by atoms with E-state index in [1.54, 1.807) is 0 Å². The highest BCUT2D eigenvalue weighted by atomic mass is 127. The summed E-state index contributed by atoms with van der Waals surface area (Å²) in [5.74, 6) is 0.265. The molecule has 6 rings (SSSR count). The Labute approximate surface area is 216 Å². The topological polar surface area (TPSA) is 117 Å². The van der Waals surface area contributed by atoms with Gasteiger partial charge in [-0.15, -0.1) is 5.10 Å². The number of aromatic nitrogens is 1. The van der Waals surface area contributed by atoms with E-state index in [1.165, 1.54) is 0 Å². The molecular weight excluding hydrogens is 563 g/mol. The number of amidine groups is 1. The van der Waals surface area contributed by atoms with Crippen LogP contribution >= 0.6 is 34.2 Å². The predicted molar refractivity (Wildman–Crippen MR) is 142 cm³/mol. The molecule has 1 heterocycles. The van der Waals surface area contributed by atoms with Crippen LogP contribution in [0, 0.1) is 14.5 Å². The summed E-state index contributed by atoms with van der Waals surface area (Å²) in [6.07, 6.45) is 4.85. The summed E-state index contributed by atoms with van der Waals surface area (Å²) in [6.45, 7) is 0. The van der Waals surface area contributed by atoms with Gasteiger partial charge in [0, 0.05) is 25.5 Å². The third-order valence-corrected chi connectivity index (χ3v) is 8.53. The first-order chi connectivity index (χ1) is 16.4. The van der Waals surface area contributed by atoms with Crippen molar-refractivity contribution in [2.75, 3.05) is 0 Å². The number of hydrogen-bond donors (Lipinski definition) is 3. The molecule has 0 aliphatic heterocycles. The molecule has 3 aromatic rings. The molecule has 1 aromatic heterocycles. The number of nitrogens with zero attached hydrogens (tertiary/aromatic N) is 3. The van der Waals surface area contributed by atoms with Crippen molar-refractivity contribution in [3.05, 3.63) is 62.7 Å². The Morgan fingerprint density at radius 3 is 2.41 bits per heavy atom. The van der Waals surface area contributed by atoms with Crippen LogP contribution in [0.5, 0.6) is 0 Å². The maximum absolute atomic E-state index is 13.8. The molecule has 0 spiro atoms. The van der Waals surface area contributed by atoms with Gasteiger partial charge < -0.3 is 11.1 Å². The second-order valence-corrected chi connectivity index (χ2v) is 10.9. The molecule has 34 heavy (non-hydrogen) atoms.